The molecule has 0 rings (SSSR count). The fourth-order valence-corrected chi connectivity index (χ4v) is 0. The van der Waals surface area contributed by atoms with Crippen LogP contribution in [0.25, 0.3) is 0 Å². The van der Waals surface area contributed by atoms with Crippen LogP contribution in [0.2, 0.25) is 0 Å². The van der Waals surface area contributed by atoms with Crippen LogP contribution in [0.5, 0.6) is 0 Å². The van der Waals surface area contributed by atoms with Crippen LogP contribution in [0, 0.1) is 0 Å². The van der Waals surface area contributed by atoms with Gasteiger partial charge in [-0.1, -0.05) is 6.92 Å². The highest BCUT2D eigenvalue weighted by atomic mass is 19.0. The zero-order chi connectivity index (χ0) is 2.71. The van der Waals surface area contributed by atoms with E-state index in [1.54, 1.807) is 0 Å². The van der Waals surface area contributed by atoms with E-state index in [1.807, 2.05) is 6.92 Å². The molecule has 0 aliphatic carbocycles. The van der Waals surface area contributed by atoms with E-state index in [0.29, 0.717) is 0 Å². The highest BCUT2D eigenvalue weighted by Gasteiger charge is 1.32. The van der Waals surface area contributed by atoms with Gasteiger partial charge in [0, 0.05) is 0 Å². The van der Waals surface area contributed by atoms with Gasteiger partial charge in [0.25, 0.3) is 0 Å². The molecule has 0 spiro atoms. The predicted octanol–water partition coefficient (Wildman–Crippen LogP) is -3.86. The molecule has 4 N–H and O–H groups in total. The van der Waals surface area contributed by atoms with Crippen LogP contribution in [0.1, 0.15) is 6.92 Å². The highest BCUT2D eigenvalue weighted by molar-refractivity contribution is 4.00. The van der Waals surface area contributed by atoms with Crippen LogP contribution in [-0.4, -0.2) is 12.0 Å². The van der Waals surface area contributed by atoms with Crippen LogP contribution in [-0.2, 0) is 0 Å². The average molecular weight is 82.1 g/mol. The maximum atomic E-state index is 4.85. The number of rotatable bonds is 0. The van der Waals surface area contributed by atoms with Gasteiger partial charge >= 0.3 is 0 Å². The Morgan fingerprint density at radius 1 is 1.60 bits per heavy atom. The minimum absolute atomic E-state index is 0. The topological polar surface area (TPSA) is 57.5 Å². The molecule has 0 aliphatic rings. The van der Waals surface area contributed by atoms with Gasteiger partial charge in [0.2, 0.25) is 0 Å². The first-order valence-electron chi connectivity index (χ1n) is 1.12. The molecule has 0 fully saturated rings. The molecule has 0 bridgehead atoms. The number of nitrogens with two attached hydrogens (primary N) is 1. The smallest absolute Gasteiger partial charge is 0.0106 e. The molecule has 0 unspecified atom stereocenters. The summed E-state index contributed by atoms with van der Waals surface area (Å²) in [5.74, 6) is 0. The highest BCUT2D eigenvalue weighted by Crippen LogP contribution is 1.20. The summed E-state index contributed by atoms with van der Waals surface area (Å²) in [5, 5.41) is 0. The summed E-state index contributed by atoms with van der Waals surface area (Å²) in [5.41, 5.74) is 4.85. The van der Waals surface area contributed by atoms with Crippen LogP contribution in [0.4, 0.5) is 0 Å². The zero-order valence-corrected chi connectivity index (χ0v) is 3.16. The standard InChI is InChI=1S/C2H7N.FH.H2O/c1-2-3;;/h2-3H2,1H3;1H;1H2/p-1. The zero-order valence-electron chi connectivity index (χ0n) is 3.16. The Kier molecular flexibility index (Phi) is 182. The van der Waals surface area contributed by atoms with Crippen molar-refractivity contribution in [2.24, 2.45) is 5.73 Å². The molecule has 0 radical (unpaired) electrons. The summed E-state index contributed by atoms with van der Waals surface area (Å²) in [6.45, 7) is 2.65. The SMILES string of the molecule is CCN.O.[F-]. The third-order valence-corrected chi connectivity index (χ3v) is 0. The third kappa shape index (κ3) is 586. The van der Waals surface area contributed by atoms with E-state index < -0.39 is 0 Å². The first kappa shape index (κ1) is 21.0. The van der Waals surface area contributed by atoms with Crippen molar-refractivity contribution in [2.45, 2.75) is 6.92 Å². The Morgan fingerprint density at radius 3 is 1.60 bits per heavy atom. The monoisotopic (exact) mass is 82.1 g/mol. The second kappa shape index (κ2) is 43.3. The molecule has 36 valence electrons. The van der Waals surface area contributed by atoms with Gasteiger partial charge in [-0.3, -0.25) is 0 Å². The Morgan fingerprint density at radius 2 is 1.60 bits per heavy atom. The van der Waals surface area contributed by atoms with E-state index in [0.717, 1.165) is 6.54 Å². The van der Waals surface area contributed by atoms with Crippen molar-refractivity contribution in [3.8, 4) is 0 Å². The van der Waals surface area contributed by atoms with E-state index in [2.05, 4.69) is 0 Å². The van der Waals surface area contributed by atoms with E-state index in [-0.39, 0.29) is 10.2 Å². The fraction of sp³-hybridized carbons (Fsp3) is 1.00. The van der Waals surface area contributed by atoms with Crippen LogP contribution in [0.3, 0.4) is 0 Å². The van der Waals surface area contributed by atoms with Crippen LogP contribution < -0.4 is 10.4 Å². The van der Waals surface area contributed by atoms with Crippen molar-refractivity contribution >= 4 is 0 Å². The largest absolute Gasteiger partial charge is 1.00 e. The van der Waals surface area contributed by atoms with Gasteiger partial charge in [-0.05, 0) is 6.54 Å². The van der Waals surface area contributed by atoms with Crippen molar-refractivity contribution in [1.82, 2.24) is 0 Å². The first-order chi connectivity index (χ1) is 1.41. The second-order valence-electron chi connectivity index (χ2n) is 0.408. The van der Waals surface area contributed by atoms with Crippen molar-refractivity contribution in [3.63, 3.8) is 0 Å². The molecular weight excluding hydrogens is 73.0 g/mol. The molecule has 0 aromatic carbocycles. The van der Waals surface area contributed by atoms with Crippen LogP contribution >= 0.6 is 0 Å². The molecule has 0 aromatic heterocycles. The summed E-state index contributed by atoms with van der Waals surface area (Å²) in [6, 6.07) is 0. The molecule has 0 atom stereocenters. The average Bonchev–Trinajstić information content (AvgIpc) is 0.918. The van der Waals surface area contributed by atoms with Gasteiger partial charge in [-0.2, -0.15) is 0 Å². The minimum atomic E-state index is 0. The van der Waals surface area contributed by atoms with E-state index in [1.165, 1.54) is 0 Å². The van der Waals surface area contributed by atoms with E-state index in [9.17, 15) is 0 Å². The van der Waals surface area contributed by atoms with Gasteiger partial charge in [-0.15, -0.1) is 0 Å². The van der Waals surface area contributed by atoms with Gasteiger partial charge in [0.05, 0.1) is 0 Å². The Balaban J connectivity index is -0.0000000200. The molecule has 0 aromatic rings. The molecule has 2 nitrogen and oxygen atoms in total. The lowest BCUT2D eigenvalue weighted by atomic mass is 10.8. The van der Waals surface area contributed by atoms with Crippen molar-refractivity contribution in [2.75, 3.05) is 6.54 Å². The third-order valence-electron chi connectivity index (χ3n) is 0. The van der Waals surface area contributed by atoms with Gasteiger partial charge in [-0.25, -0.2) is 0 Å². The summed E-state index contributed by atoms with van der Waals surface area (Å²) in [4.78, 5) is 0. The normalized spacial score (nSPS) is 3.60. The Labute approximate surface area is 30.7 Å². The molecule has 5 heavy (non-hydrogen) atoms. The van der Waals surface area contributed by atoms with Crippen molar-refractivity contribution in [1.29, 1.82) is 0 Å². The Bertz CT molecular complexity index is 9.61. The maximum absolute atomic E-state index is 4.85. The summed E-state index contributed by atoms with van der Waals surface area (Å²) in [6.07, 6.45) is 0. The molecule has 0 heterocycles. The molecule has 0 amide bonds. The van der Waals surface area contributed by atoms with Crippen molar-refractivity contribution in [3.05, 3.63) is 0 Å². The summed E-state index contributed by atoms with van der Waals surface area (Å²) in [7, 11) is 0. The van der Waals surface area contributed by atoms with E-state index in [4.69, 9.17) is 5.73 Å². The van der Waals surface area contributed by atoms with Gasteiger partial charge in [0.15, 0.2) is 0 Å². The Hall–Kier alpha value is -0.150. The molecule has 0 aliphatic heterocycles. The minimum Gasteiger partial charge on any atom is -1.00 e. The lowest BCUT2D eigenvalue weighted by Crippen LogP contribution is -3.00. The fourth-order valence-electron chi connectivity index (χ4n) is 0. The number of halogens is 1. The molecule has 0 saturated heterocycles. The molecule has 0 saturated carbocycles. The van der Waals surface area contributed by atoms with Gasteiger partial charge < -0.3 is 15.9 Å². The summed E-state index contributed by atoms with van der Waals surface area (Å²) < 4.78 is 0. The quantitative estimate of drug-likeness (QED) is 0.319. The maximum Gasteiger partial charge on any atom is -0.0106 e. The van der Waals surface area contributed by atoms with Crippen molar-refractivity contribution < 1.29 is 10.2 Å². The lowest BCUT2D eigenvalue weighted by Gasteiger charge is -1.53. The molecular formula is C2H9FNO-. The van der Waals surface area contributed by atoms with E-state index >= 15 is 0 Å². The van der Waals surface area contributed by atoms with Gasteiger partial charge in [0.1, 0.15) is 0 Å². The second-order valence-corrected chi connectivity index (χ2v) is 0.408. The summed E-state index contributed by atoms with van der Waals surface area (Å²) >= 11 is 0. The lowest BCUT2D eigenvalue weighted by molar-refractivity contribution is -0.00000207. The first-order valence-corrected chi connectivity index (χ1v) is 1.12. The number of hydrogen-bond acceptors (Lipinski definition) is 1. The molecule has 3 heteroatoms. The number of hydrogen-bond donors (Lipinski definition) is 1. The predicted molar refractivity (Wildman–Crippen MR) is 18.3 cm³/mol. The van der Waals surface area contributed by atoms with Crippen LogP contribution in [0.15, 0.2) is 0 Å².